The van der Waals surface area contributed by atoms with Crippen LogP contribution in [0.4, 0.5) is 11.5 Å². The highest BCUT2D eigenvalue weighted by molar-refractivity contribution is 5.93. The molecular formula is C25H26N4O5. The number of fused-ring (bicyclic) bond motifs is 1. The molecule has 0 bridgehead atoms. The monoisotopic (exact) mass is 462 g/mol. The van der Waals surface area contributed by atoms with Crippen molar-refractivity contribution in [2.75, 3.05) is 46.0 Å². The molecule has 0 amide bonds. The number of nitrogens with one attached hydrogen (secondary N) is 1. The van der Waals surface area contributed by atoms with Gasteiger partial charge in [0.1, 0.15) is 36.9 Å². The summed E-state index contributed by atoms with van der Waals surface area (Å²) in [6.45, 7) is 1.70. The Labute approximate surface area is 197 Å². The summed E-state index contributed by atoms with van der Waals surface area (Å²) in [7, 11) is 3.26. The van der Waals surface area contributed by atoms with Crippen molar-refractivity contribution in [1.82, 2.24) is 15.0 Å². The van der Waals surface area contributed by atoms with Crippen LogP contribution in [0.15, 0.2) is 67.3 Å². The minimum absolute atomic E-state index is 0.386. The standard InChI is InChI=1S/C25H26N4O5/c1-30-10-12-32-23-14-21-22(15-24(23)33-13-11-31-2)27-17-28-25(21)29-18-5-7-19(8-6-18)34-20-4-3-9-26-16-20/h3-9,14-17H,10-13H2,1-2H3,(H,27,28,29). The fourth-order valence-corrected chi connectivity index (χ4v) is 3.15. The van der Waals surface area contributed by atoms with Crippen LogP contribution >= 0.6 is 0 Å². The number of nitrogens with zero attached hydrogens (tertiary/aromatic N) is 3. The number of hydrogen-bond donors (Lipinski definition) is 1. The third-order valence-corrected chi connectivity index (χ3v) is 4.78. The zero-order valence-electron chi connectivity index (χ0n) is 19.1. The number of anilines is 2. The number of rotatable bonds is 12. The van der Waals surface area contributed by atoms with Crippen molar-refractivity contribution in [2.45, 2.75) is 0 Å². The predicted molar refractivity (Wildman–Crippen MR) is 128 cm³/mol. The lowest BCUT2D eigenvalue weighted by atomic mass is 10.2. The maximum atomic E-state index is 5.90. The number of aromatic nitrogens is 3. The van der Waals surface area contributed by atoms with E-state index in [0.717, 1.165) is 16.6 Å². The van der Waals surface area contributed by atoms with Gasteiger partial charge in [0.15, 0.2) is 11.5 Å². The molecule has 176 valence electrons. The number of benzene rings is 2. The fraction of sp³-hybridized carbons (Fsp3) is 0.240. The molecule has 34 heavy (non-hydrogen) atoms. The van der Waals surface area contributed by atoms with E-state index in [-0.39, 0.29) is 0 Å². The highest BCUT2D eigenvalue weighted by atomic mass is 16.5. The summed E-state index contributed by atoms with van der Waals surface area (Å²) in [5.41, 5.74) is 1.57. The van der Waals surface area contributed by atoms with Crippen molar-refractivity contribution in [2.24, 2.45) is 0 Å². The first-order chi connectivity index (χ1) is 16.8. The lowest BCUT2D eigenvalue weighted by Crippen LogP contribution is -2.09. The quantitative estimate of drug-likeness (QED) is 0.303. The molecule has 2 aromatic heterocycles. The van der Waals surface area contributed by atoms with E-state index in [1.807, 2.05) is 48.5 Å². The summed E-state index contributed by atoms with van der Waals surface area (Å²) in [4.78, 5) is 12.9. The summed E-state index contributed by atoms with van der Waals surface area (Å²) < 4.78 is 27.7. The highest BCUT2D eigenvalue weighted by Gasteiger charge is 2.13. The van der Waals surface area contributed by atoms with Crippen LogP contribution < -0.4 is 19.5 Å². The van der Waals surface area contributed by atoms with Crippen LogP contribution in [0, 0.1) is 0 Å². The first-order valence-corrected chi connectivity index (χ1v) is 10.7. The second kappa shape index (κ2) is 11.8. The number of ether oxygens (including phenoxy) is 5. The van der Waals surface area contributed by atoms with E-state index in [0.29, 0.717) is 55.2 Å². The van der Waals surface area contributed by atoms with Crippen molar-refractivity contribution in [1.29, 1.82) is 0 Å². The largest absolute Gasteiger partial charge is 0.487 e. The molecule has 0 aliphatic heterocycles. The molecule has 0 atom stereocenters. The van der Waals surface area contributed by atoms with Crippen LogP contribution in [0.1, 0.15) is 0 Å². The van der Waals surface area contributed by atoms with Gasteiger partial charge in [0.25, 0.3) is 0 Å². The maximum absolute atomic E-state index is 5.90. The van der Waals surface area contributed by atoms with Crippen molar-refractivity contribution in [3.63, 3.8) is 0 Å². The molecule has 2 heterocycles. The summed E-state index contributed by atoms with van der Waals surface area (Å²) in [5, 5.41) is 4.14. The Hall–Kier alpha value is -3.95. The van der Waals surface area contributed by atoms with Crippen molar-refractivity contribution in [3.8, 4) is 23.0 Å². The predicted octanol–water partition coefficient (Wildman–Crippen LogP) is 4.61. The SMILES string of the molecule is COCCOc1cc2ncnc(Nc3ccc(Oc4cccnc4)cc3)c2cc1OCCOC. The topological polar surface area (TPSA) is 96.9 Å². The van der Waals surface area contributed by atoms with Gasteiger partial charge in [-0.25, -0.2) is 9.97 Å². The minimum atomic E-state index is 0.386. The Bertz CT molecular complexity index is 1190. The summed E-state index contributed by atoms with van der Waals surface area (Å²) in [5.74, 6) is 3.19. The van der Waals surface area contributed by atoms with Gasteiger partial charge in [-0.05, 0) is 42.5 Å². The van der Waals surface area contributed by atoms with Crippen LogP contribution in [0.25, 0.3) is 10.9 Å². The maximum Gasteiger partial charge on any atom is 0.163 e. The van der Waals surface area contributed by atoms with Crippen LogP contribution in [-0.4, -0.2) is 55.6 Å². The van der Waals surface area contributed by atoms with Gasteiger partial charge in [-0.3, -0.25) is 4.98 Å². The van der Waals surface area contributed by atoms with E-state index in [1.165, 1.54) is 6.33 Å². The molecule has 0 fully saturated rings. The van der Waals surface area contributed by atoms with E-state index >= 15 is 0 Å². The molecule has 9 heteroatoms. The van der Waals surface area contributed by atoms with Crippen LogP contribution in [0.3, 0.4) is 0 Å². The van der Waals surface area contributed by atoms with E-state index in [4.69, 9.17) is 23.7 Å². The van der Waals surface area contributed by atoms with Gasteiger partial charge >= 0.3 is 0 Å². The molecule has 9 nitrogen and oxygen atoms in total. The Kier molecular flexibility index (Phi) is 8.04. The van der Waals surface area contributed by atoms with Crippen LogP contribution in [0.2, 0.25) is 0 Å². The molecule has 0 saturated carbocycles. The Morgan fingerprint density at radius 3 is 2.21 bits per heavy atom. The Morgan fingerprint density at radius 2 is 1.53 bits per heavy atom. The molecule has 0 saturated heterocycles. The molecular weight excluding hydrogens is 436 g/mol. The van der Waals surface area contributed by atoms with Gasteiger partial charge in [-0.15, -0.1) is 0 Å². The van der Waals surface area contributed by atoms with Crippen LogP contribution in [0.5, 0.6) is 23.0 Å². The normalized spacial score (nSPS) is 10.8. The summed E-state index contributed by atoms with van der Waals surface area (Å²) in [6, 6.07) is 15.0. The van der Waals surface area contributed by atoms with E-state index in [2.05, 4.69) is 20.3 Å². The Balaban J connectivity index is 1.56. The Morgan fingerprint density at radius 1 is 0.794 bits per heavy atom. The highest BCUT2D eigenvalue weighted by Crippen LogP contribution is 2.35. The molecule has 4 aromatic rings. The third-order valence-electron chi connectivity index (χ3n) is 4.78. The van der Waals surface area contributed by atoms with E-state index < -0.39 is 0 Å². The van der Waals surface area contributed by atoms with Gasteiger partial charge in [0.2, 0.25) is 0 Å². The van der Waals surface area contributed by atoms with Gasteiger partial charge in [-0.1, -0.05) is 0 Å². The van der Waals surface area contributed by atoms with Gasteiger partial charge in [0.05, 0.1) is 24.9 Å². The number of pyridine rings is 1. The lowest BCUT2D eigenvalue weighted by molar-refractivity contribution is 0.132. The van der Waals surface area contributed by atoms with E-state index in [1.54, 1.807) is 26.6 Å². The second-order valence-electron chi connectivity index (χ2n) is 7.16. The first kappa shape index (κ1) is 23.2. The average Bonchev–Trinajstić information content (AvgIpc) is 2.86. The number of hydrogen-bond acceptors (Lipinski definition) is 9. The van der Waals surface area contributed by atoms with Crippen LogP contribution in [-0.2, 0) is 9.47 Å². The minimum Gasteiger partial charge on any atom is -0.487 e. The van der Waals surface area contributed by atoms with Gasteiger partial charge in [-0.2, -0.15) is 0 Å². The molecule has 0 spiro atoms. The molecule has 1 N–H and O–H groups in total. The van der Waals surface area contributed by atoms with Gasteiger partial charge in [0, 0.05) is 37.6 Å². The molecule has 0 radical (unpaired) electrons. The second-order valence-corrected chi connectivity index (χ2v) is 7.16. The summed E-state index contributed by atoms with van der Waals surface area (Å²) in [6.07, 6.45) is 4.88. The van der Waals surface area contributed by atoms with E-state index in [9.17, 15) is 0 Å². The fourth-order valence-electron chi connectivity index (χ4n) is 3.15. The smallest absolute Gasteiger partial charge is 0.163 e. The van der Waals surface area contributed by atoms with Gasteiger partial charge < -0.3 is 29.0 Å². The molecule has 4 rings (SSSR count). The molecule has 2 aromatic carbocycles. The molecule has 0 aliphatic carbocycles. The molecule has 0 aliphatic rings. The zero-order valence-corrected chi connectivity index (χ0v) is 19.1. The average molecular weight is 463 g/mol. The third kappa shape index (κ3) is 6.09. The lowest BCUT2D eigenvalue weighted by Gasteiger charge is -2.15. The van der Waals surface area contributed by atoms with Crippen molar-refractivity contribution >= 4 is 22.4 Å². The van der Waals surface area contributed by atoms with Crippen molar-refractivity contribution < 1.29 is 23.7 Å². The molecule has 0 unspecified atom stereocenters. The summed E-state index contributed by atoms with van der Waals surface area (Å²) >= 11 is 0. The number of methoxy groups -OCH3 is 2. The van der Waals surface area contributed by atoms with Crippen molar-refractivity contribution in [3.05, 3.63) is 67.3 Å². The zero-order chi connectivity index (χ0) is 23.6. The first-order valence-electron chi connectivity index (χ1n) is 10.7.